The van der Waals surface area contributed by atoms with E-state index in [0.717, 1.165) is 11.3 Å². The molecule has 0 fully saturated rings. The first-order chi connectivity index (χ1) is 9.15. The predicted octanol–water partition coefficient (Wildman–Crippen LogP) is 0.422. The number of rotatable bonds is 2. The minimum Gasteiger partial charge on any atom is -0.343 e. The molecule has 0 atom stereocenters. The predicted molar refractivity (Wildman–Crippen MR) is 68.5 cm³/mol. The van der Waals surface area contributed by atoms with E-state index >= 15 is 0 Å². The molecule has 0 aliphatic carbocycles. The molecular formula is C12H14N6O. The first-order valence-corrected chi connectivity index (χ1v) is 5.96. The van der Waals surface area contributed by atoms with E-state index in [1.807, 2.05) is 11.1 Å². The molecule has 2 aromatic heterocycles. The standard InChI is InChI=1S/C12H14N6O/c1-17(2)11(19)9-3-4-13-12(15-9)18-6-8-5-14-16-10(8)7-18/h3-5H,6-7H2,1-2H3,(H,14,16). The van der Waals surface area contributed by atoms with Gasteiger partial charge in [-0.15, -0.1) is 0 Å². The van der Waals surface area contributed by atoms with E-state index in [1.54, 1.807) is 26.4 Å². The molecule has 0 unspecified atom stereocenters. The summed E-state index contributed by atoms with van der Waals surface area (Å²) in [6.45, 7) is 1.40. The van der Waals surface area contributed by atoms with Gasteiger partial charge in [-0.05, 0) is 6.07 Å². The van der Waals surface area contributed by atoms with Crippen molar-refractivity contribution in [2.45, 2.75) is 13.1 Å². The molecule has 3 heterocycles. The number of carbonyl (C=O) groups is 1. The number of nitrogens with zero attached hydrogens (tertiary/aromatic N) is 5. The third kappa shape index (κ3) is 2.03. The van der Waals surface area contributed by atoms with Gasteiger partial charge in [-0.25, -0.2) is 9.97 Å². The molecule has 2 aromatic rings. The van der Waals surface area contributed by atoms with Crippen molar-refractivity contribution in [1.82, 2.24) is 25.1 Å². The highest BCUT2D eigenvalue weighted by Crippen LogP contribution is 2.23. The second kappa shape index (κ2) is 4.34. The molecule has 0 bridgehead atoms. The largest absolute Gasteiger partial charge is 0.343 e. The van der Waals surface area contributed by atoms with Crippen molar-refractivity contribution in [2.75, 3.05) is 19.0 Å². The normalized spacial score (nSPS) is 13.5. The zero-order valence-electron chi connectivity index (χ0n) is 10.8. The molecular weight excluding hydrogens is 244 g/mol. The van der Waals surface area contributed by atoms with Crippen molar-refractivity contribution in [3.05, 3.63) is 35.4 Å². The van der Waals surface area contributed by atoms with Crippen LogP contribution in [0, 0.1) is 0 Å². The van der Waals surface area contributed by atoms with Crippen molar-refractivity contribution >= 4 is 11.9 Å². The summed E-state index contributed by atoms with van der Waals surface area (Å²) in [6, 6.07) is 1.63. The van der Waals surface area contributed by atoms with Crippen LogP contribution in [0.5, 0.6) is 0 Å². The SMILES string of the molecule is CN(C)C(=O)c1ccnc(N2Cc3cn[nH]c3C2)n1. The lowest BCUT2D eigenvalue weighted by Crippen LogP contribution is -2.25. The molecule has 98 valence electrons. The van der Waals surface area contributed by atoms with Gasteiger partial charge in [-0.3, -0.25) is 9.89 Å². The molecule has 7 heteroatoms. The maximum Gasteiger partial charge on any atom is 0.272 e. The van der Waals surface area contributed by atoms with Crippen molar-refractivity contribution < 1.29 is 4.79 Å². The molecule has 0 spiro atoms. The van der Waals surface area contributed by atoms with Crippen LogP contribution < -0.4 is 4.90 Å². The van der Waals surface area contributed by atoms with Gasteiger partial charge in [0.25, 0.3) is 5.91 Å². The zero-order valence-corrected chi connectivity index (χ0v) is 10.8. The van der Waals surface area contributed by atoms with Crippen LogP contribution in [0.15, 0.2) is 18.5 Å². The van der Waals surface area contributed by atoms with E-state index in [2.05, 4.69) is 20.2 Å². The van der Waals surface area contributed by atoms with E-state index in [-0.39, 0.29) is 5.91 Å². The molecule has 0 saturated carbocycles. The monoisotopic (exact) mass is 258 g/mol. The second-order valence-electron chi connectivity index (χ2n) is 4.67. The van der Waals surface area contributed by atoms with Crippen molar-refractivity contribution in [3.63, 3.8) is 0 Å². The van der Waals surface area contributed by atoms with Gasteiger partial charge in [0.15, 0.2) is 0 Å². The summed E-state index contributed by atoms with van der Waals surface area (Å²) >= 11 is 0. The molecule has 0 saturated heterocycles. The number of aromatic nitrogens is 4. The van der Waals surface area contributed by atoms with Crippen LogP contribution in [-0.4, -0.2) is 45.1 Å². The van der Waals surface area contributed by atoms with Crippen LogP contribution in [0.4, 0.5) is 5.95 Å². The third-order valence-corrected chi connectivity index (χ3v) is 3.07. The Morgan fingerprint density at radius 1 is 1.42 bits per heavy atom. The summed E-state index contributed by atoms with van der Waals surface area (Å²) in [5.74, 6) is 0.445. The lowest BCUT2D eigenvalue weighted by molar-refractivity contribution is 0.0822. The van der Waals surface area contributed by atoms with Gasteiger partial charge in [-0.1, -0.05) is 0 Å². The lowest BCUT2D eigenvalue weighted by atomic mass is 10.3. The molecule has 1 aliphatic rings. The fourth-order valence-corrected chi connectivity index (χ4v) is 2.05. The number of anilines is 1. The van der Waals surface area contributed by atoms with E-state index < -0.39 is 0 Å². The van der Waals surface area contributed by atoms with E-state index in [1.165, 1.54) is 4.90 Å². The number of amides is 1. The van der Waals surface area contributed by atoms with Gasteiger partial charge in [0, 0.05) is 32.4 Å². The number of fused-ring (bicyclic) bond motifs is 1. The Labute approximate surface area is 110 Å². The van der Waals surface area contributed by atoms with Crippen molar-refractivity contribution in [1.29, 1.82) is 0 Å². The summed E-state index contributed by atoms with van der Waals surface area (Å²) in [5, 5.41) is 6.94. The molecule has 1 aliphatic heterocycles. The van der Waals surface area contributed by atoms with Gasteiger partial charge >= 0.3 is 0 Å². The topological polar surface area (TPSA) is 78.0 Å². The molecule has 19 heavy (non-hydrogen) atoms. The molecule has 7 nitrogen and oxygen atoms in total. The van der Waals surface area contributed by atoms with Gasteiger partial charge in [0.2, 0.25) is 5.95 Å². The second-order valence-corrected chi connectivity index (χ2v) is 4.67. The van der Waals surface area contributed by atoms with Crippen LogP contribution in [0.1, 0.15) is 21.7 Å². The Kier molecular flexibility index (Phi) is 2.66. The minimum atomic E-state index is -0.122. The fourth-order valence-electron chi connectivity index (χ4n) is 2.05. The summed E-state index contributed by atoms with van der Waals surface area (Å²) in [7, 11) is 3.41. The summed E-state index contributed by atoms with van der Waals surface area (Å²) < 4.78 is 0. The van der Waals surface area contributed by atoms with E-state index in [0.29, 0.717) is 24.7 Å². The van der Waals surface area contributed by atoms with Crippen LogP contribution >= 0.6 is 0 Å². The molecule has 0 radical (unpaired) electrons. The maximum atomic E-state index is 11.9. The van der Waals surface area contributed by atoms with Crippen LogP contribution in [0.2, 0.25) is 0 Å². The van der Waals surface area contributed by atoms with E-state index in [4.69, 9.17) is 0 Å². The fraction of sp³-hybridized carbons (Fsp3) is 0.333. The van der Waals surface area contributed by atoms with Crippen LogP contribution in [0.3, 0.4) is 0 Å². The van der Waals surface area contributed by atoms with Crippen LogP contribution in [0.25, 0.3) is 0 Å². The number of hydrogen-bond acceptors (Lipinski definition) is 5. The average molecular weight is 258 g/mol. The van der Waals surface area contributed by atoms with Crippen molar-refractivity contribution in [2.24, 2.45) is 0 Å². The van der Waals surface area contributed by atoms with Gasteiger partial charge in [0.05, 0.1) is 18.4 Å². The molecule has 1 amide bonds. The first-order valence-electron chi connectivity index (χ1n) is 5.96. The smallest absolute Gasteiger partial charge is 0.272 e. The van der Waals surface area contributed by atoms with Crippen LogP contribution in [-0.2, 0) is 13.1 Å². The van der Waals surface area contributed by atoms with Gasteiger partial charge in [0.1, 0.15) is 5.69 Å². The number of hydrogen-bond donors (Lipinski definition) is 1. The Hall–Kier alpha value is -2.44. The quantitative estimate of drug-likeness (QED) is 0.844. The molecule has 1 N–H and O–H groups in total. The number of nitrogens with one attached hydrogen (secondary N) is 1. The Morgan fingerprint density at radius 3 is 3.00 bits per heavy atom. The van der Waals surface area contributed by atoms with E-state index in [9.17, 15) is 4.79 Å². The number of carbonyl (C=O) groups excluding carboxylic acids is 1. The van der Waals surface area contributed by atoms with Crippen molar-refractivity contribution in [3.8, 4) is 0 Å². The Balaban J connectivity index is 1.85. The molecule has 0 aromatic carbocycles. The third-order valence-electron chi connectivity index (χ3n) is 3.07. The first kappa shape index (κ1) is 11.6. The van der Waals surface area contributed by atoms with Gasteiger partial charge < -0.3 is 9.80 Å². The Bertz CT molecular complexity index is 600. The number of H-pyrrole nitrogens is 1. The summed E-state index contributed by atoms with van der Waals surface area (Å²) in [5.41, 5.74) is 2.63. The number of aromatic amines is 1. The van der Waals surface area contributed by atoms with Gasteiger partial charge in [-0.2, -0.15) is 5.10 Å². The molecule has 3 rings (SSSR count). The zero-order chi connectivity index (χ0) is 13.4. The average Bonchev–Trinajstić information content (AvgIpc) is 2.98. The summed E-state index contributed by atoms with van der Waals surface area (Å²) in [6.07, 6.45) is 3.42. The lowest BCUT2D eigenvalue weighted by Gasteiger charge is -2.16. The summed E-state index contributed by atoms with van der Waals surface area (Å²) in [4.78, 5) is 24.0. The highest BCUT2D eigenvalue weighted by Gasteiger charge is 2.23. The highest BCUT2D eigenvalue weighted by atomic mass is 16.2. The maximum absolute atomic E-state index is 11.9. The Morgan fingerprint density at radius 2 is 2.26 bits per heavy atom. The minimum absolute atomic E-state index is 0.122. The highest BCUT2D eigenvalue weighted by molar-refractivity contribution is 5.92.